The van der Waals surface area contributed by atoms with E-state index < -0.39 is 0 Å². The third-order valence-electron chi connectivity index (χ3n) is 3.56. The highest BCUT2D eigenvalue weighted by molar-refractivity contribution is 5.96. The topological polar surface area (TPSA) is 41.8 Å². The second-order valence-electron chi connectivity index (χ2n) is 4.95. The van der Waals surface area contributed by atoms with E-state index in [1.54, 1.807) is 0 Å². The predicted octanol–water partition coefficient (Wildman–Crippen LogP) is 2.87. The summed E-state index contributed by atoms with van der Waals surface area (Å²) in [5, 5.41) is 9.54. The van der Waals surface area contributed by atoms with Crippen molar-refractivity contribution in [2.24, 2.45) is 4.99 Å². The van der Waals surface area contributed by atoms with Crippen LogP contribution in [0.3, 0.4) is 0 Å². The monoisotopic (exact) mass is 267 g/mol. The summed E-state index contributed by atoms with van der Waals surface area (Å²) >= 11 is 0. The summed E-state index contributed by atoms with van der Waals surface area (Å²) in [6.07, 6.45) is -0.212. The van der Waals surface area contributed by atoms with Crippen molar-refractivity contribution < 1.29 is 9.84 Å². The van der Waals surface area contributed by atoms with E-state index in [2.05, 4.69) is 4.99 Å². The van der Waals surface area contributed by atoms with Crippen LogP contribution in [0.15, 0.2) is 59.6 Å². The van der Waals surface area contributed by atoms with E-state index in [-0.39, 0.29) is 18.8 Å². The van der Waals surface area contributed by atoms with Crippen LogP contribution in [0.25, 0.3) is 0 Å². The second kappa shape index (κ2) is 5.47. The number of nitrogens with zero attached hydrogens (tertiary/aromatic N) is 1. The summed E-state index contributed by atoms with van der Waals surface area (Å²) in [5.74, 6) is 0.621. The average molecular weight is 267 g/mol. The number of aliphatic imine (C=N–C) groups is 1. The zero-order valence-corrected chi connectivity index (χ0v) is 11.4. The number of rotatable bonds is 3. The Kier molecular flexibility index (Phi) is 3.52. The van der Waals surface area contributed by atoms with Gasteiger partial charge in [-0.25, -0.2) is 4.99 Å². The maximum absolute atomic E-state index is 9.54. The normalized spacial score (nSPS) is 21.4. The van der Waals surface area contributed by atoms with E-state index in [4.69, 9.17) is 4.74 Å². The molecule has 20 heavy (non-hydrogen) atoms. The molecule has 0 aromatic heterocycles. The van der Waals surface area contributed by atoms with Gasteiger partial charge in [-0.2, -0.15) is 0 Å². The molecule has 0 fully saturated rings. The highest BCUT2D eigenvalue weighted by Gasteiger charge is 2.32. The third-order valence-corrected chi connectivity index (χ3v) is 3.56. The summed E-state index contributed by atoms with van der Waals surface area (Å²) in [6, 6.07) is 17.7. The molecule has 1 N–H and O–H groups in total. The molecular weight excluding hydrogens is 250 g/mol. The second-order valence-corrected chi connectivity index (χ2v) is 4.95. The lowest BCUT2D eigenvalue weighted by Gasteiger charge is -2.16. The van der Waals surface area contributed by atoms with E-state index in [0.29, 0.717) is 5.90 Å². The molecule has 1 heterocycles. The van der Waals surface area contributed by atoms with E-state index in [1.807, 2.05) is 61.5 Å². The zero-order chi connectivity index (χ0) is 13.9. The number of aliphatic hydroxyl groups excluding tert-OH is 1. The minimum absolute atomic E-state index is 0.0189. The van der Waals surface area contributed by atoms with Crippen molar-refractivity contribution in [3.8, 4) is 0 Å². The summed E-state index contributed by atoms with van der Waals surface area (Å²) in [6.45, 7) is 2.01. The molecule has 0 unspecified atom stereocenters. The lowest BCUT2D eigenvalue weighted by atomic mass is 10.0. The van der Waals surface area contributed by atoms with E-state index in [1.165, 1.54) is 0 Å². The van der Waals surface area contributed by atoms with Gasteiger partial charge in [-0.15, -0.1) is 0 Å². The fourth-order valence-electron chi connectivity index (χ4n) is 2.46. The molecule has 2 aromatic rings. The minimum atomic E-state index is -0.244. The molecule has 0 bridgehead atoms. The highest BCUT2D eigenvalue weighted by atomic mass is 16.5. The van der Waals surface area contributed by atoms with Gasteiger partial charge in [0.25, 0.3) is 0 Å². The van der Waals surface area contributed by atoms with Crippen molar-refractivity contribution in [2.45, 2.75) is 19.1 Å². The summed E-state index contributed by atoms with van der Waals surface area (Å²) in [5.41, 5.74) is 3.15. The van der Waals surface area contributed by atoms with Gasteiger partial charge < -0.3 is 9.84 Å². The predicted molar refractivity (Wildman–Crippen MR) is 78.9 cm³/mol. The van der Waals surface area contributed by atoms with Crippen molar-refractivity contribution in [2.75, 3.05) is 6.61 Å². The Labute approximate surface area is 118 Å². The van der Waals surface area contributed by atoms with E-state index in [0.717, 1.165) is 16.7 Å². The first kappa shape index (κ1) is 12.9. The number of hydrogen-bond donors (Lipinski definition) is 1. The van der Waals surface area contributed by atoms with Gasteiger partial charge in [0, 0.05) is 5.56 Å². The van der Waals surface area contributed by atoms with Gasteiger partial charge >= 0.3 is 0 Å². The first-order valence-electron chi connectivity index (χ1n) is 6.76. The van der Waals surface area contributed by atoms with Crippen LogP contribution >= 0.6 is 0 Å². The van der Waals surface area contributed by atoms with Crippen LogP contribution in [0, 0.1) is 6.92 Å². The maximum Gasteiger partial charge on any atom is 0.217 e. The minimum Gasteiger partial charge on any atom is -0.467 e. The molecule has 3 heteroatoms. The van der Waals surface area contributed by atoms with Gasteiger partial charge in [-0.3, -0.25) is 0 Å². The van der Waals surface area contributed by atoms with Crippen molar-refractivity contribution in [1.82, 2.24) is 0 Å². The van der Waals surface area contributed by atoms with Gasteiger partial charge in [0.2, 0.25) is 5.90 Å². The Morgan fingerprint density at radius 1 is 1.05 bits per heavy atom. The Hall–Kier alpha value is -2.13. The molecule has 3 nitrogen and oxygen atoms in total. The van der Waals surface area contributed by atoms with Gasteiger partial charge in [-0.05, 0) is 24.1 Å². The molecule has 3 rings (SSSR count). The summed E-state index contributed by atoms with van der Waals surface area (Å²) < 4.78 is 6.01. The molecule has 1 aliphatic rings. The standard InChI is InChI=1S/C17H17NO2/c1-12-7-5-6-10-14(12)17-18-15(11-19)16(20-17)13-8-3-2-4-9-13/h2-10,15-16,19H,11H2,1H3/t15-,16-/m0/s1. The molecule has 0 aliphatic carbocycles. The Balaban J connectivity index is 1.92. The van der Waals surface area contributed by atoms with Crippen molar-refractivity contribution in [3.05, 3.63) is 71.3 Å². The average Bonchev–Trinajstić information content (AvgIpc) is 2.92. The number of hydrogen-bond acceptors (Lipinski definition) is 3. The molecule has 0 saturated carbocycles. The molecule has 2 atom stereocenters. The summed E-state index contributed by atoms with van der Waals surface area (Å²) in [7, 11) is 0. The smallest absolute Gasteiger partial charge is 0.217 e. The van der Waals surface area contributed by atoms with Gasteiger partial charge in [0.1, 0.15) is 6.04 Å². The largest absolute Gasteiger partial charge is 0.467 e. The molecule has 1 aliphatic heterocycles. The lowest BCUT2D eigenvalue weighted by molar-refractivity contribution is 0.152. The Morgan fingerprint density at radius 3 is 2.45 bits per heavy atom. The molecule has 0 amide bonds. The quantitative estimate of drug-likeness (QED) is 0.929. The number of ether oxygens (including phenoxy) is 1. The molecule has 0 saturated heterocycles. The van der Waals surface area contributed by atoms with Crippen LogP contribution in [0.4, 0.5) is 0 Å². The van der Waals surface area contributed by atoms with E-state index in [9.17, 15) is 5.11 Å². The Morgan fingerprint density at radius 2 is 1.75 bits per heavy atom. The molecule has 102 valence electrons. The van der Waals surface area contributed by atoms with Crippen molar-refractivity contribution >= 4 is 5.90 Å². The van der Waals surface area contributed by atoms with Gasteiger partial charge in [0.05, 0.1) is 6.61 Å². The molecule has 0 spiro atoms. The molecular formula is C17H17NO2. The fraction of sp³-hybridized carbons (Fsp3) is 0.235. The maximum atomic E-state index is 9.54. The van der Waals surface area contributed by atoms with Gasteiger partial charge in [-0.1, -0.05) is 48.5 Å². The SMILES string of the molecule is Cc1ccccc1C1=N[C@@H](CO)[C@H](c2ccccc2)O1. The first-order valence-corrected chi connectivity index (χ1v) is 6.76. The zero-order valence-electron chi connectivity index (χ0n) is 11.4. The van der Waals surface area contributed by atoms with Gasteiger partial charge in [0.15, 0.2) is 6.10 Å². The van der Waals surface area contributed by atoms with Crippen molar-refractivity contribution in [1.29, 1.82) is 0 Å². The van der Waals surface area contributed by atoms with Crippen LogP contribution < -0.4 is 0 Å². The number of aryl methyl sites for hydroxylation is 1. The third kappa shape index (κ3) is 2.32. The highest BCUT2D eigenvalue weighted by Crippen LogP contribution is 2.31. The molecule has 0 radical (unpaired) electrons. The van der Waals surface area contributed by atoms with Crippen LogP contribution in [-0.2, 0) is 4.74 Å². The number of aliphatic hydroxyl groups is 1. The van der Waals surface area contributed by atoms with E-state index >= 15 is 0 Å². The first-order chi connectivity index (χ1) is 9.79. The Bertz CT molecular complexity index is 622. The van der Waals surface area contributed by atoms with Crippen LogP contribution in [0.5, 0.6) is 0 Å². The number of benzene rings is 2. The summed E-state index contributed by atoms with van der Waals surface area (Å²) in [4.78, 5) is 4.54. The fourth-order valence-corrected chi connectivity index (χ4v) is 2.46. The molecule has 2 aromatic carbocycles. The van der Waals surface area contributed by atoms with Crippen molar-refractivity contribution in [3.63, 3.8) is 0 Å². The van der Waals surface area contributed by atoms with Crippen LogP contribution in [0.2, 0.25) is 0 Å². The van der Waals surface area contributed by atoms with Crippen LogP contribution in [0.1, 0.15) is 22.8 Å². The lowest BCUT2D eigenvalue weighted by Crippen LogP contribution is -2.17. The van der Waals surface area contributed by atoms with Crippen LogP contribution in [-0.4, -0.2) is 23.7 Å².